The maximum atomic E-state index is 12.7. The largest absolute Gasteiger partial charge is 0.457 e. The highest BCUT2D eigenvalue weighted by Gasteiger charge is 2.21. The van der Waals surface area contributed by atoms with E-state index in [1.807, 2.05) is 36.4 Å². The molecule has 27 heavy (non-hydrogen) atoms. The van der Waals surface area contributed by atoms with Crippen LogP contribution in [0.5, 0.6) is 11.5 Å². The third kappa shape index (κ3) is 3.90. The summed E-state index contributed by atoms with van der Waals surface area (Å²) in [6.07, 6.45) is 0.824. The molecular formula is C21H20N2O3S. The van der Waals surface area contributed by atoms with Crippen LogP contribution in [0.15, 0.2) is 77.7 Å². The van der Waals surface area contributed by atoms with Gasteiger partial charge in [-0.25, -0.2) is 8.42 Å². The van der Waals surface area contributed by atoms with E-state index < -0.39 is 10.0 Å². The van der Waals surface area contributed by atoms with E-state index in [2.05, 4.69) is 17.0 Å². The second-order valence-corrected chi connectivity index (χ2v) is 8.30. The molecule has 0 saturated carbocycles. The van der Waals surface area contributed by atoms with Gasteiger partial charge in [-0.05, 0) is 73.5 Å². The number of sulfonamides is 1. The first kappa shape index (κ1) is 17.4. The first-order valence-electron chi connectivity index (χ1n) is 8.75. The van der Waals surface area contributed by atoms with Crippen molar-refractivity contribution in [2.45, 2.75) is 24.3 Å². The zero-order valence-corrected chi connectivity index (χ0v) is 15.7. The highest BCUT2D eigenvalue weighted by Crippen LogP contribution is 2.29. The molecular weight excluding hydrogens is 360 g/mol. The van der Waals surface area contributed by atoms with Crippen molar-refractivity contribution in [2.75, 3.05) is 10.0 Å². The Bertz CT molecular complexity index is 1050. The van der Waals surface area contributed by atoms with E-state index in [1.54, 1.807) is 36.4 Å². The molecule has 0 bridgehead atoms. The van der Waals surface area contributed by atoms with Crippen LogP contribution in [-0.2, 0) is 16.4 Å². The van der Waals surface area contributed by atoms with E-state index >= 15 is 0 Å². The Morgan fingerprint density at radius 1 is 0.963 bits per heavy atom. The molecule has 0 amide bonds. The summed E-state index contributed by atoms with van der Waals surface area (Å²) < 4.78 is 33.7. The summed E-state index contributed by atoms with van der Waals surface area (Å²) in [5, 5.41) is 3.32. The summed E-state index contributed by atoms with van der Waals surface area (Å²) in [5.74, 6) is 1.37. The number of hydrogen-bond donors (Lipinski definition) is 2. The topological polar surface area (TPSA) is 67.4 Å². The second-order valence-electron chi connectivity index (χ2n) is 6.61. The molecule has 0 aromatic heterocycles. The zero-order chi connectivity index (χ0) is 18.9. The third-order valence-corrected chi connectivity index (χ3v) is 5.78. The Balaban J connectivity index is 1.49. The molecule has 0 fully saturated rings. The van der Waals surface area contributed by atoms with Crippen LogP contribution in [0.3, 0.4) is 0 Å². The minimum absolute atomic E-state index is 0.266. The van der Waals surface area contributed by atoms with Gasteiger partial charge in [-0.3, -0.25) is 4.72 Å². The maximum Gasteiger partial charge on any atom is 0.261 e. The molecule has 1 aliphatic rings. The van der Waals surface area contributed by atoms with Crippen molar-refractivity contribution in [3.8, 4) is 11.5 Å². The van der Waals surface area contributed by atoms with E-state index in [9.17, 15) is 8.42 Å². The number of rotatable bonds is 5. The number of hydrogen-bond acceptors (Lipinski definition) is 4. The van der Waals surface area contributed by atoms with Crippen molar-refractivity contribution in [2.24, 2.45) is 0 Å². The Labute approximate surface area is 159 Å². The van der Waals surface area contributed by atoms with E-state index in [4.69, 9.17) is 4.74 Å². The van der Waals surface area contributed by atoms with Gasteiger partial charge < -0.3 is 10.1 Å². The minimum atomic E-state index is -3.64. The van der Waals surface area contributed by atoms with Crippen LogP contribution in [0.1, 0.15) is 12.5 Å². The summed E-state index contributed by atoms with van der Waals surface area (Å²) in [4.78, 5) is 0.266. The normalized spacial score (nSPS) is 15.7. The Morgan fingerprint density at radius 3 is 2.41 bits per heavy atom. The van der Waals surface area contributed by atoms with Gasteiger partial charge in [0.2, 0.25) is 0 Å². The molecule has 1 aliphatic heterocycles. The van der Waals surface area contributed by atoms with Crippen molar-refractivity contribution in [3.05, 3.63) is 78.4 Å². The molecule has 3 aromatic carbocycles. The molecule has 0 aliphatic carbocycles. The van der Waals surface area contributed by atoms with Crippen LogP contribution in [0, 0.1) is 0 Å². The Morgan fingerprint density at radius 2 is 1.67 bits per heavy atom. The van der Waals surface area contributed by atoms with Crippen molar-refractivity contribution in [1.29, 1.82) is 0 Å². The predicted octanol–water partition coefficient (Wildman–Crippen LogP) is 4.64. The van der Waals surface area contributed by atoms with E-state index in [-0.39, 0.29) is 4.90 Å². The maximum absolute atomic E-state index is 12.7. The highest BCUT2D eigenvalue weighted by atomic mass is 32.2. The molecule has 1 atom stereocenters. The fourth-order valence-electron chi connectivity index (χ4n) is 3.12. The second kappa shape index (κ2) is 6.96. The van der Waals surface area contributed by atoms with Crippen molar-refractivity contribution in [1.82, 2.24) is 0 Å². The zero-order valence-electron chi connectivity index (χ0n) is 14.8. The molecule has 0 radical (unpaired) electrons. The fraction of sp³-hybridized carbons (Fsp3) is 0.143. The van der Waals surface area contributed by atoms with E-state index in [1.165, 1.54) is 0 Å². The van der Waals surface area contributed by atoms with Crippen molar-refractivity contribution < 1.29 is 13.2 Å². The molecule has 0 unspecified atom stereocenters. The van der Waals surface area contributed by atoms with Crippen LogP contribution in [0.25, 0.3) is 0 Å². The standard InChI is InChI=1S/C21H20N2O3S/c1-15-13-16-14-20(11-12-21(16)22-15)27(24,25)23-17-7-9-19(10-8-17)26-18-5-3-2-4-6-18/h2-12,14-15,22-23H,13H2,1H3/t15-/m0/s1. The van der Waals surface area contributed by atoms with Crippen LogP contribution >= 0.6 is 0 Å². The molecule has 5 nitrogen and oxygen atoms in total. The molecule has 1 heterocycles. The van der Waals surface area contributed by atoms with E-state index in [0.29, 0.717) is 17.5 Å². The summed E-state index contributed by atoms with van der Waals surface area (Å²) in [6, 6.07) is 21.8. The molecule has 3 aromatic rings. The molecule has 0 spiro atoms. The number of para-hydroxylation sites is 1. The monoisotopic (exact) mass is 380 g/mol. The molecule has 2 N–H and O–H groups in total. The number of benzene rings is 3. The lowest BCUT2D eigenvalue weighted by Gasteiger charge is -2.10. The van der Waals surface area contributed by atoms with Gasteiger partial charge in [0.15, 0.2) is 0 Å². The SMILES string of the molecule is C[C@H]1Cc2cc(S(=O)(=O)Nc3ccc(Oc4ccccc4)cc3)ccc2N1. The average Bonchev–Trinajstić information content (AvgIpc) is 3.03. The number of nitrogens with one attached hydrogen (secondary N) is 2. The van der Waals surface area contributed by atoms with Gasteiger partial charge in [0, 0.05) is 17.4 Å². The lowest BCUT2D eigenvalue weighted by atomic mass is 10.1. The molecule has 6 heteroatoms. The summed E-state index contributed by atoms with van der Waals surface area (Å²) in [6.45, 7) is 2.07. The lowest BCUT2D eigenvalue weighted by Crippen LogP contribution is -2.13. The molecule has 4 rings (SSSR count). The summed E-state index contributed by atoms with van der Waals surface area (Å²) >= 11 is 0. The van der Waals surface area contributed by atoms with Crippen LogP contribution in [0.4, 0.5) is 11.4 Å². The Kier molecular flexibility index (Phi) is 4.49. The van der Waals surface area contributed by atoms with Gasteiger partial charge in [0.25, 0.3) is 10.0 Å². The van der Waals surface area contributed by atoms with Gasteiger partial charge in [-0.15, -0.1) is 0 Å². The quantitative estimate of drug-likeness (QED) is 0.677. The summed E-state index contributed by atoms with van der Waals surface area (Å²) in [5.41, 5.74) is 2.52. The Hall–Kier alpha value is -2.99. The van der Waals surface area contributed by atoms with Gasteiger partial charge in [0.05, 0.1) is 4.90 Å². The highest BCUT2D eigenvalue weighted by molar-refractivity contribution is 7.92. The number of fused-ring (bicyclic) bond motifs is 1. The van der Waals surface area contributed by atoms with Crippen molar-refractivity contribution >= 4 is 21.4 Å². The van der Waals surface area contributed by atoms with Crippen LogP contribution in [0.2, 0.25) is 0 Å². The van der Waals surface area contributed by atoms with Gasteiger partial charge in [0.1, 0.15) is 11.5 Å². The smallest absolute Gasteiger partial charge is 0.261 e. The minimum Gasteiger partial charge on any atom is -0.457 e. The van der Waals surface area contributed by atoms with Gasteiger partial charge in [-0.2, -0.15) is 0 Å². The predicted molar refractivity (Wildman–Crippen MR) is 107 cm³/mol. The number of anilines is 2. The third-order valence-electron chi connectivity index (χ3n) is 4.40. The van der Waals surface area contributed by atoms with Gasteiger partial charge in [-0.1, -0.05) is 18.2 Å². The van der Waals surface area contributed by atoms with Crippen molar-refractivity contribution in [3.63, 3.8) is 0 Å². The fourth-order valence-corrected chi connectivity index (χ4v) is 4.23. The summed E-state index contributed by atoms with van der Waals surface area (Å²) in [7, 11) is -3.64. The number of ether oxygens (including phenoxy) is 1. The first-order chi connectivity index (χ1) is 13.0. The van der Waals surface area contributed by atoms with Gasteiger partial charge >= 0.3 is 0 Å². The first-order valence-corrected chi connectivity index (χ1v) is 10.2. The lowest BCUT2D eigenvalue weighted by molar-refractivity contribution is 0.483. The van der Waals surface area contributed by atoms with E-state index in [0.717, 1.165) is 23.4 Å². The molecule has 0 saturated heterocycles. The van der Waals surface area contributed by atoms with Crippen LogP contribution in [-0.4, -0.2) is 14.5 Å². The molecule has 138 valence electrons. The average molecular weight is 380 g/mol. The van der Waals surface area contributed by atoms with Crippen LogP contribution < -0.4 is 14.8 Å².